The third kappa shape index (κ3) is 5.08. The Bertz CT molecular complexity index is 752. The molecule has 0 bridgehead atoms. The molecule has 0 spiro atoms. The highest BCUT2D eigenvalue weighted by molar-refractivity contribution is 5.79. The summed E-state index contributed by atoms with van der Waals surface area (Å²) in [5, 5.41) is 0. The van der Waals surface area contributed by atoms with Crippen molar-refractivity contribution in [2.75, 3.05) is 21.3 Å². The van der Waals surface area contributed by atoms with Crippen molar-refractivity contribution in [3.8, 4) is 17.2 Å². The van der Waals surface area contributed by atoms with E-state index < -0.39 is 6.61 Å². The fraction of sp³-hybridized carbons (Fsp3) is 0.316. The van der Waals surface area contributed by atoms with Crippen LogP contribution in [0.2, 0.25) is 0 Å². The lowest BCUT2D eigenvalue weighted by atomic mass is 10.1. The molecule has 5 nitrogen and oxygen atoms in total. The van der Waals surface area contributed by atoms with E-state index in [1.54, 1.807) is 26.3 Å². The van der Waals surface area contributed by atoms with Crippen LogP contribution < -0.4 is 14.2 Å². The molecular formula is C19H21F2NO4. The lowest BCUT2D eigenvalue weighted by Crippen LogP contribution is -2.27. The van der Waals surface area contributed by atoms with Crippen molar-refractivity contribution >= 4 is 5.91 Å². The van der Waals surface area contributed by atoms with Gasteiger partial charge in [-0.3, -0.25) is 4.79 Å². The minimum Gasteiger partial charge on any atom is -0.496 e. The van der Waals surface area contributed by atoms with E-state index in [9.17, 15) is 13.6 Å². The number of ether oxygens (including phenoxy) is 3. The number of para-hydroxylation sites is 1. The van der Waals surface area contributed by atoms with Crippen molar-refractivity contribution in [1.82, 2.24) is 4.90 Å². The van der Waals surface area contributed by atoms with Gasteiger partial charge in [0.1, 0.15) is 5.75 Å². The third-order valence-corrected chi connectivity index (χ3v) is 3.82. The molecular weight excluding hydrogens is 344 g/mol. The zero-order valence-corrected chi connectivity index (χ0v) is 14.9. The zero-order valence-electron chi connectivity index (χ0n) is 14.9. The fourth-order valence-electron chi connectivity index (χ4n) is 2.52. The maximum absolute atomic E-state index is 12.5. The van der Waals surface area contributed by atoms with Gasteiger partial charge in [0.05, 0.1) is 20.6 Å². The van der Waals surface area contributed by atoms with Gasteiger partial charge in [0.15, 0.2) is 11.5 Å². The average molecular weight is 365 g/mol. The maximum Gasteiger partial charge on any atom is 0.387 e. The van der Waals surface area contributed by atoms with Crippen LogP contribution in [-0.4, -0.2) is 38.7 Å². The predicted molar refractivity (Wildman–Crippen MR) is 92.8 cm³/mol. The molecule has 0 atom stereocenters. The molecule has 0 unspecified atom stereocenters. The molecule has 0 radical (unpaired) electrons. The number of nitrogens with zero attached hydrogens (tertiary/aromatic N) is 1. The lowest BCUT2D eigenvalue weighted by molar-refractivity contribution is -0.129. The first-order valence-corrected chi connectivity index (χ1v) is 7.92. The van der Waals surface area contributed by atoms with Crippen LogP contribution in [0.5, 0.6) is 17.2 Å². The molecule has 2 aromatic rings. The van der Waals surface area contributed by atoms with Crippen LogP contribution >= 0.6 is 0 Å². The Morgan fingerprint density at radius 1 is 1.04 bits per heavy atom. The molecule has 0 aliphatic heterocycles. The quantitative estimate of drug-likeness (QED) is 0.718. The first-order chi connectivity index (χ1) is 12.4. The van der Waals surface area contributed by atoms with Crippen LogP contribution in [0.1, 0.15) is 11.1 Å². The van der Waals surface area contributed by atoms with Crippen LogP contribution in [0.15, 0.2) is 42.5 Å². The summed E-state index contributed by atoms with van der Waals surface area (Å²) in [5.41, 5.74) is 1.43. The van der Waals surface area contributed by atoms with E-state index in [2.05, 4.69) is 4.74 Å². The lowest BCUT2D eigenvalue weighted by Gasteiger charge is -2.19. The molecule has 0 fully saturated rings. The van der Waals surface area contributed by atoms with Crippen LogP contribution in [0, 0.1) is 0 Å². The number of halogens is 2. The molecule has 7 heteroatoms. The molecule has 2 rings (SSSR count). The zero-order chi connectivity index (χ0) is 19.1. The molecule has 1 amide bonds. The van der Waals surface area contributed by atoms with Gasteiger partial charge in [-0.05, 0) is 23.8 Å². The minimum absolute atomic E-state index is 0.0643. The molecule has 0 aliphatic carbocycles. The van der Waals surface area contributed by atoms with Gasteiger partial charge in [-0.15, -0.1) is 0 Å². The van der Waals surface area contributed by atoms with Gasteiger partial charge in [0.2, 0.25) is 5.91 Å². The molecule has 0 N–H and O–H groups in total. The highest BCUT2D eigenvalue weighted by Crippen LogP contribution is 2.30. The Labute approximate surface area is 151 Å². The normalized spacial score (nSPS) is 10.5. The Kier molecular flexibility index (Phi) is 6.77. The van der Waals surface area contributed by atoms with E-state index in [-0.39, 0.29) is 30.4 Å². The standard InChI is InChI=1S/C19H21F2NO4/c1-22(18(23)11-14-6-4-5-7-15(14)24-2)12-13-8-9-16(25-3)17(10-13)26-19(20)21/h4-10,19H,11-12H2,1-3H3. The van der Waals surface area contributed by atoms with Gasteiger partial charge in [-0.25, -0.2) is 0 Å². The highest BCUT2D eigenvalue weighted by atomic mass is 19.3. The molecule has 0 aliphatic rings. The summed E-state index contributed by atoms with van der Waals surface area (Å²) in [6.45, 7) is -2.71. The number of carbonyl (C=O) groups excluding carboxylic acids is 1. The number of carbonyl (C=O) groups is 1. The molecule has 2 aromatic carbocycles. The van der Waals surface area contributed by atoms with Gasteiger partial charge in [-0.1, -0.05) is 24.3 Å². The molecule has 0 aromatic heterocycles. The summed E-state index contributed by atoms with van der Waals surface area (Å²) in [5.74, 6) is 0.663. The molecule has 0 heterocycles. The van der Waals surface area contributed by atoms with Crippen molar-refractivity contribution in [3.05, 3.63) is 53.6 Å². The second kappa shape index (κ2) is 9.03. The van der Waals surface area contributed by atoms with Crippen LogP contribution in [-0.2, 0) is 17.8 Å². The van der Waals surface area contributed by atoms with Crippen molar-refractivity contribution in [2.24, 2.45) is 0 Å². The van der Waals surface area contributed by atoms with Crippen molar-refractivity contribution in [1.29, 1.82) is 0 Å². The smallest absolute Gasteiger partial charge is 0.387 e. The number of benzene rings is 2. The summed E-state index contributed by atoms with van der Waals surface area (Å²) in [4.78, 5) is 14.0. The SMILES string of the molecule is COc1ccccc1CC(=O)N(C)Cc1ccc(OC)c(OC(F)F)c1. The van der Waals surface area contributed by atoms with Crippen LogP contribution in [0.4, 0.5) is 8.78 Å². The number of rotatable bonds is 8. The van der Waals surface area contributed by atoms with Gasteiger partial charge in [-0.2, -0.15) is 8.78 Å². The van der Waals surface area contributed by atoms with E-state index in [1.807, 2.05) is 18.2 Å². The average Bonchev–Trinajstić information content (AvgIpc) is 2.62. The van der Waals surface area contributed by atoms with E-state index in [0.29, 0.717) is 11.3 Å². The summed E-state index contributed by atoms with van der Waals surface area (Å²) in [6.07, 6.45) is 0.178. The first kappa shape index (κ1) is 19.5. The highest BCUT2D eigenvalue weighted by Gasteiger charge is 2.15. The number of alkyl halides is 2. The second-order valence-corrected chi connectivity index (χ2v) is 5.60. The van der Waals surface area contributed by atoms with E-state index in [4.69, 9.17) is 9.47 Å². The Hall–Kier alpha value is -2.83. The van der Waals surface area contributed by atoms with Crippen molar-refractivity contribution in [3.63, 3.8) is 0 Å². The number of hydrogen-bond donors (Lipinski definition) is 0. The number of methoxy groups -OCH3 is 2. The maximum atomic E-state index is 12.5. The summed E-state index contributed by atoms with van der Waals surface area (Å²) >= 11 is 0. The molecule has 0 saturated carbocycles. The summed E-state index contributed by atoms with van der Waals surface area (Å²) in [7, 11) is 4.57. The van der Waals surface area contributed by atoms with E-state index in [0.717, 1.165) is 5.56 Å². The largest absolute Gasteiger partial charge is 0.496 e. The first-order valence-electron chi connectivity index (χ1n) is 7.92. The van der Waals surface area contributed by atoms with Gasteiger partial charge in [0.25, 0.3) is 0 Å². The second-order valence-electron chi connectivity index (χ2n) is 5.60. The Morgan fingerprint density at radius 3 is 2.38 bits per heavy atom. The van der Waals surface area contributed by atoms with Crippen molar-refractivity contribution < 1.29 is 27.8 Å². The van der Waals surface area contributed by atoms with Crippen molar-refractivity contribution in [2.45, 2.75) is 19.6 Å². The van der Waals surface area contributed by atoms with E-state index >= 15 is 0 Å². The Morgan fingerprint density at radius 2 is 1.73 bits per heavy atom. The number of likely N-dealkylation sites (N-methyl/N-ethyl adjacent to an activating group) is 1. The van der Waals surface area contributed by atoms with Crippen LogP contribution in [0.3, 0.4) is 0 Å². The Balaban J connectivity index is 2.08. The van der Waals surface area contributed by atoms with E-state index in [1.165, 1.54) is 24.1 Å². The molecule has 0 saturated heterocycles. The minimum atomic E-state index is -2.95. The monoisotopic (exact) mass is 365 g/mol. The predicted octanol–water partition coefficient (Wildman–Crippen LogP) is 3.51. The summed E-state index contributed by atoms with van der Waals surface area (Å²) in [6, 6.07) is 12.0. The van der Waals surface area contributed by atoms with Gasteiger partial charge < -0.3 is 19.1 Å². The van der Waals surface area contributed by atoms with Gasteiger partial charge >= 0.3 is 6.61 Å². The fourth-order valence-corrected chi connectivity index (χ4v) is 2.52. The number of hydrogen-bond acceptors (Lipinski definition) is 4. The topological polar surface area (TPSA) is 48.0 Å². The van der Waals surface area contributed by atoms with Crippen LogP contribution in [0.25, 0.3) is 0 Å². The number of amides is 1. The molecule has 140 valence electrons. The van der Waals surface area contributed by atoms with Gasteiger partial charge in [0, 0.05) is 19.2 Å². The molecule has 26 heavy (non-hydrogen) atoms. The summed E-state index contributed by atoms with van der Waals surface area (Å²) < 4.78 is 39.8. The third-order valence-electron chi connectivity index (χ3n) is 3.82.